The van der Waals surface area contributed by atoms with E-state index in [1.54, 1.807) is 11.3 Å². The molecule has 0 aromatic carbocycles. The van der Waals surface area contributed by atoms with Crippen LogP contribution in [-0.2, 0) is 0 Å². The summed E-state index contributed by atoms with van der Waals surface area (Å²) in [5, 5.41) is 14.0. The predicted molar refractivity (Wildman–Crippen MR) is 93.6 cm³/mol. The van der Waals surface area contributed by atoms with Gasteiger partial charge in [0.2, 0.25) is 5.13 Å². The third kappa shape index (κ3) is 4.33. The third-order valence-corrected chi connectivity index (χ3v) is 6.69. The SMILES string of the molecule is CCCNC1C(Sc2nnc(N(C)C)s2)CCCC1(C)C. The van der Waals surface area contributed by atoms with E-state index in [4.69, 9.17) is 0 Å². The molecule has 1 N–H and O–H groups in total. The van der Waals surface area contributed by atoms with Crippen LogP contribution in [0.3, 0.4) is 0 Å². The number of nitrogens with zero attached hydrogens (tertiary/aromatic N) is 3. The van der Waals surface area contributed by atoms with Crippen molar-refractivity contribution in [2.24, 2.45) is 5.41 Å². The zero-order valence-corrected chi connectivity index (χ0v) is 15.5. The van der Waals surface area contributed by atoms with E-state index in [9.17, 15) is 0 Å². The molecule has 2 atom stereocenters. The van der Waals surface area contributed by atoms with Crippen molar-refractivity contribution in [1.82, 2.24) is 15.5 Å². The Kier molecular flexibility index (Phi) is 5.91. The zero-order valence-electron chi connectivity index (χ0n) is 13.8. The molecule has 0 amide bonds. The van der Waals surface area contributed by atoms with Crippen molar-refractivity contribution in [3.63, 3.8) is 0 Å². The van der Waals surface area contributed by atoms with Gasteiger partial charge in [0, 0.05) is 25.4 Å². The summed E-state index contributed by atoms with van der Waals surface area (Å²) in [7, 11) is 4.04. The van der Waals surface area contributed by atoms with Gasteiger partial charge in [0.05, 0.1) is 0 Å². The molecule has 0 spiro atoms. The molecule has 1 saturated carbocycles. The maximum atomic E-state index is 4.36. The van der Waals surface area contributed by atoms with E-state index >= 15 is 0 Å². The molecule has 1 aliphatic rings. The second-order valence-corrected chi connectivity index (χ2v) is 9.16. The Morgan fingerprint density at radius 2 is 2.14 bits per heavy atom. The zero-order chi connectivity index (χ0) is 15.5. The lowest BCUT2D eigenvalue weighted by atomic mass is 9.73. The molecule has 0 saturated heterocycles. The van der Waals surface area contributed by atoms with Crippen LogP contribution in [0.1, 0.15) is 46.5 Å². The minimum atomic E-state index is 0.361. The minimum absolute atomic E-state index is 0.361. The van der Waals surface area contributed by atoms with E-state index in [1.807, 2.05) is 30.8 Å². The quantitative estimate of drug-likeness (QED) is 0.863. The lowest BCUT2D eigenvalue weighted by molar-refractivity contribution is 0.175. The van der Waals surface area contributed by atoms with Crippen LogP contribution in [0.5, 0.6) is 0 Å². The predicted octanol–water partition coefficient (Wildman–Crippen LogP) is 3.64. The fourth-order valence-corrected chi connectivity index (χ4v) is 5.50. The summed E-state index contributed by atoms with van der Waals surface area (Å²) in [5.74, 6) is 0. The van der Waals surface area contributed by atoms with Gasteiger partial charge >= 0.3 is 0 Å². The van der Waals surface area contributed by atoms with Crippen molar-refractivity contribution in [3.8, 4) is 0 Å². The molecule has 1 fully saturated rings. The summed E-state index contributed by atoms with van der Waals surface area (Å²) in [4.78, 5) is 2.03. The van der Waals surface area contributed by atoms with Crippen LogP contribution in [0, 0.1) is 5.41 Å². The molecule has 0 bridgehead atoms. The van der Waals surface area contributed by atoms with Crippen molar-refractivity contribution >= 4 is 28.2 Å². The van der Waals surface area contributed by atoms with Gasteiger partial charge in [-0.05, 0) is 31.2 Å². The maximum absolute atomic E-state index is 4.36. The summed E-state index contributed by atoms with van der Waals surface area (Å²) < 4.78 is 1.10. The molecule has 1 aliphatic carbocycles. The average molecular weight is 329 g/mol. The summed E-state index contributed by atoms with van der Waals surface area (Å²) in [6, 6.07) is 0.558. The van der Waals surface area contributed by atoms with Gasteiger partial charge in [-0.15, -0.1) is 10.2 Å². The monoisotopic (exact) mass is 328 g/mol. The Hall–Kier alpha value is -0.330. The highest BCUT2D eigenvalue weighted by Crippen LogP contribution is 2.43. The minimum Gasteiger partial charge on any atom is -0.353 e. The van der Waals surface area contributed by atoms with Crippen molar-refractivity contribution in [3.05, 3.63) is 0 Å². The molecule has 0 aliphatic heterocycles. The largest absolute Gasteiger partial charge is 0.353 e. The Labute approximate surface area is 137 Å². The number of thioether (sulfide) groups is 1. The first-order valence-electron chi connectivity index (χ1n) is 7.85. The Morgan fingerprint density at radius 3 is 2.76 bits per heavy atom. The molecule has 2 rings (SSSR count). The van der Waals surface area contributed by atoms with E-state index in [2.05, 4.69) is 36.3 Å². The molecule has 120 valence electrons. The van der Waals surface area contributed by atoms with E-state index in [-0.39, 0.29) is 0 Å². The van der Waals surface area contributed by atoms with Crippen LogP contribution < -0.4 is 10.2 Å². The number of anilines is 1. The van der Waals surface area contributed by atoms with Crippen LogP contribution >= 0.6 is 23.1 Å². The fraction of sp³-hybridized carbons (Fsp3) is 0.867. The second kappa shape index (κ2) is 7.29. The summed E-state index contributed by atoms with van der Waals surface area (Å²) in [5.41, 5.74) is 0.361. The first-order valence-corrected chi connectivity index (χ1v) is 9.54. The van der Waals surface area contributed by atoms with Crippen LogP contribution in [0.25, 0.3) is 0 Å². The Bertz CT molecular complexity index is 445. The Morgan fingerprint density at radius 1 is 1.38 bits per heavy atom. The van der Waals surface area contributed by atoms with E-state index in [0.717, 1.165) is 16.0 Å². The second-order valence-electron chi connectivity index (χ2n) is 6.71. The highest BCUT2D eigenvalue weighted by Gasteiger charge is 2.39. The lowest BCUT2D eigenvalue weighted by Gasteiger charge is -2.44. The number of hydrogen-bond donors (Lipinski definition) is 1. The van der Waals surface area contributed by atoms with Crippen molar-refractivity contribution in [1.29, 1.82) is 0 Å². The molecule has 1 aromatic heterocycles. The number of aromatic nitrogens is 2. The van der Waals surface area contributed by atoms with Gasteiger partial charge in [0.15, 0.2) is 4.34 Å². The van der Waals surface area contributed by atoms with Crippen LogP contribution in [-0.4, -0.2) is 42.1 Å². The Balaban J connectivity index is 2.07. The topological polar surface area (TPSA) is 41.1 Å². The smallest absolute Gasteiger partial charge is 0.208 e. The molecular formula is C15H28N4S2. The molecule has 6 heteroatoms. The number of nitrogens with one attached hydrogen (secondary N) is 1. The van der Waals surface area contributed by atoms with Crippen molar-refractivity contribution < 1.29 is 0 Å². The van der Waals surface area contributed by atoms with Gasteiger partial charge in [0.25, 0.3) is 0 Å². The van der Waals surface area contributed by atoms with E-state index in [0.29, 0.717) is 16.7 Å². The molecule has 2 unspecified atom stereocenters. The van der Waals surface area contributed by atoms with Crippen molar-refractivity contribution in [2.45, 2.75) is 62.1 Å². The maximum Gasteiger partial charge on any atom is 0.208 e. The van der Waals surface area contributed by atoms with Crippen LogP contribution in [0.4, 0.5) is 5.13 Å². The van der Waals surface area contributed by atoms with Crippen LogP contribution in [0.15, 0.2) is 4.34 Å². The van der Waals surface area contributed by atoms with Crippen molar-refractivity contribution in [2.75, 3.05) is 25.5 Å². The first kappa shape index (κ1) is 17.0. The highest BCUT2D eigenvalue weighted by atomic mass is 32.2. The van der Waals surface area contributed by atoms with Gasteiger partial charge in [-0.25, -0.2) is 0 Å². The summed E-state index contributed by atoms with van der Waals surface area (Å²) in [6.07, 6.45) is 5.08. The van der Waals surface area contributed by atoms with Gasteiger partial charge in [-0.3, -0.25) is 0 Å². The first-order chi connectivity index (χ1) is 9.94. The molecule has 21 heavy (non-hydrogen) atoms. The average Bonchev–Trinajstić information content (AvgIpc) is 2.86. The third-order valence-electron chi connectivity index (χ3n) is 4.17. The number of rotatable bonds is 6. The van der Waals surface area contributed by atoms with E-state index < -0.39 is 0 Å². The standard InChI is InChI=1S/C15H28N4S2/c1-6-10-16-12-11(8-7-9-15(12,2)3)20-14-18-17-13(21-14)19(4)5/h11-12,16H,6-10H2,1-5H3. The van der Waals surface area contributed by atoms with Gasteiger partial charge in [0.1, 0.15) is 0 Å². The van der Waals surface area contributed by atoms with Gasteiger partial charge in [-0.1, -0.05) is 50.3 Å². The molecule has 1 aromatic rings. The lowest BCUT2D eigenvalue weighted by Crippen LogP contribution is -2.51. The van der Waals surface area contributed by atoms with E-state index in [1.165, 1.54) is 25.7 Å². The molecule has 0 radical (unpaired) electrons. The van der Waals surface area contributed by atoms with Gasteiger partial charge < -0.3 is 10.2 Å². The molecular weight excluding hydrogens is 300 g/mol. The normalized spacial score (nSPS) is 25.0. The fourth-order valence-electron chi connectivity index (χ4n) is 2.98. The van der Waals surface area contributed by atoms with Gasteiger partial charge in [-0.2, -0.15) is 0 Å². The van der Waals surface area contributed by atoms with Crippen LogP contribution in [0.2, 0.25) is 0 Å². The number of hydrogen-bond acceptors (Lipinski definition) is 6. The summed E-state index contributed by atoms with van der Waals surface area (Å²) >= 11 is 3.62. The highest BCUT2D eigenvalue weighted by molar-refractivity contribution is 8.01. The molecule has 4 nitrogen and oxygen atoms in total. The summed E-state index contributed by atoms with van der Waals surface area (Å²) in [6.45, 7) is 8.14. The molecule has 1 heterocycles.